The SMILES string of the molecule is CCCc1ccc2c(C)c(C(=O)NCCc3ccc(N4CCN(C(=O)OC(C)(C)C)CC4)cc3)sc2n1.O=CO. The Bertz CT molecular complexity index is 1290. The van der Waals surface area contributed by atoms with Gasteiger partial charge in [-0.05, 0) is 75.9 Å². The predicted molar refractivity (Wildman–Crippen MR) is 160 cm³/mol. The average molecular weight is 569 g/mol. The number of nitrogens with one attached hydrogen (secondary N) is 1. The van der Waals surface area contributed by atoms with E-state index in [0.717, 1.165) is 64.4 Å². The van der Waals surface area contributed by atoms with Gasteiger partial charge < -0.3 is 25.0 Å². The van der Waals surface area contributed by atoms with Crippen molar-refractivity contribution in [3.8, 4) is 0 Å². The number of aryl methyl sites for hydroxylation is 2. The van der Waals surface area contributed by atoms with Gasteiger partial charge in [-0.3, -0.25) is 9.59 Å². The van der Waals surface area contributed by atoms with E-state index >= 15 is 0 Å². The lowest BCUT2D eigenvalue weighted by molar-refractivity contribution is -0.122. The number of benzene rings is 1. The second kappa shape index (κ2) is 14.1. The van der Waals surface area contributed by atoms with Gasteiger partial charge in [-0.25, -0.2) is 9.78 Å². The fourth-order valence-corrected chi connectivity index (χ4v) is 5.61. The lowest BCUT2D eigenvalue weighted by Gasteiger charge is -2.36. The summed E-state index contributed by atoms with van der Waals surface area (Å²) in [5, 5.41) is 11.0. The van der Waals surface area contributed by atoms with Gasteiger partial charge >= 0.3 is 6.09 Å². The van der Waals surface area contributed by atoms with Crippen LogP contribution in [0.2, 0.25) is 0 Å². The average Bonchev–Trinajstić information content (AvgIpc) is 3.24. The molecular weight excluding hydrogens is 528 g/mol. The molecule has 0 bridgehead atoms. The van der Waals surface area contributed by atoms with Crippen LogP contribution in [0.3, 0.4) is 0 Å². The fourth-order valence-electron chi connectivity index (χ4n) is 4.50. The molecule has 3 heterocycles. The second-order valence-corrected chi connectivity index (χ2v) is 11.7. The summed E-state index contributed by atoms with van der Waals surface area (Å²) in [6, 6.07) is 12.6. The molecule has 4 rings (SSSR count). The zero-order valence-corrected chi connectivity index (χ0v) is 24.8. The Morgan fingerprint density at radius 2 is 1.73 bits per heavy atom. The van der Waals surface area contributed by atoms with E-state index in [1.807, 2.05) is 27.7 Å². The van der Waals surface area contributed by atoms with Crippen LogP contribution in [0, 0.1) is 6.92 Å². The number of rotatable bonds is 7. The van der Waals surface area contributed by atoms with Gasteiger partial charge in [0.1, 0.15) is 10.4 Å². The molecule has 0 atom stereocenters. The summed E-state index contributed by atoms with van der Waals surface area (Å²) in [5.74, 6) is -0.0305. The van der Waals surface area contributed by atoms with Crippen LogP contribution in [-0.2, 0) is 22.4 Å². The zero-order chi connectivity index (χ0) is 29.3. The van der Waals surface area contributed by atoms with Gasteiger partial charge in [0.15, 0.2) is 0 Å². The van der Waals surface area contributed by atoms with E-state index in [0.29, 0.717) is 19.6 Å². The van der Waals surface area contributed by atoms with E-state index in [1.165, 1.54) is 16.9 Å². The van der Waals surface area contributed by atoms with Gasteiger partial charge in [-0.2, -0.15) is 0 Å². The van der Waals surface area contributed by atoms with E-state index in [2.05, 4.69) is 53.5 Å². The number of thiophene rings is 1. The summed E-state index contributed by atoms with van der Waals surface area (Å²) in [5.41, 5.74) is 3.93. The largest absolute Gasteiger partial charge is 0.483 e. The molecule has 0 aliphatic carbocycles. The zero-order valence-electron chi connectivity index (χ0n) is 24.0. The maximum atomic E-state index is 12.9. The van der Waals surface area contributed by atoms with Crippen molar-refractivity contribution in [2.24, 2.45) is 0 Å². The van der Waals surface area contributed by atoms with Gasteiger partial charge in [0.2, 0.25) is 0 Å². The Morgan fingerprint density at radius 3 is 2.33 bits per heavy atom. The van der Waals surface area contributed by atoms with Crippen LogP contribution in [0.5, 0.6) is 0 Å². The van der Waals surface area contributed by atoms with Crippen molar-refractivity contribution in [3.05, 3.63) is 58.1 Å². The first-order valence-corrected chi connectivity index (χ1v) is 14.4. The number of piperazine rings is 1. The van der Waals surface area contributed by atoms with Crippen molar-refractivity contribution in [2.45, 2.75) is 59.5 Å². The van der Waals surface area contributed by atoms with Crippen molar-refractivity contribution >= 4 is 45.7 Å². The number of nitrogens with zero attached hydrogens (tertiary/aromatic N) is 3. The molecule has 2 aromatic heterocycles. The highest BCUT2D eigenvalue weighted by Crippen LogP contribution is 2.30. The minimum absolute atomic E-state index is 0.0305. The predicted octanol–water partition coefficient (Wildman–Crippen LogP) is 5.29. The third-order valence-electron chi connectivity index (χ3n) is 6.51. The number of hydrogen-bond donors (Lipinski definition) is 2. The monoisotopic (exact) mass is 568 g/mol. The molecule has 2 N–H and O–H groups in total. The Labute approximate surface area is 240 Å². The first kappa shape index (κ1) is 30.9. The van der Waals surface area contributed by atoms with Crippen LogP contribution in [0.25, 0.3) is 10.2 Å². The van der Waals surface area contributed by atoms with E-state index in [4.69, 9.17) is 19.6 Å². The summed E-state index contributed by atoms with van der Waals surface area (Å²) in [6.07, 6.45) is 2.53. The van der Waals surface area contributed by atoms with Crippen LogP contribution in [0.4, 0.5) is 10.5 Å². The molecule has 2 amide bonds. The second-order valence-electron chi connectivity index (χ2n) is 10.7. The van der Waals surface area contributed by atoms with Crippen molar-refractivity contribution in [3.63, 3.8) is 0 Å². The van der Waals surface area contributed by atoms with Crippen LogP contribution in [0.15, 0.2) is 36.4 Å². The number of carbonyl (C=O) groups is 3. The van der Waals surface area contributed by atoms with Crippen molar-refractivity contribution in [1.82, 2.24) is 15.2 Å². The van der Waals surface area contributed by atoms with E-state index in [-0.39, 0.29) is 18.5 Å². The van der Waals surface area contributed by atoms with Crippen molar-refractivity contribution in [2.75, 3.05) is 37.6 Å². The molecule has 1 fully saturated rings. The maximum absolute atomic E-state index is 12.9. The highest BCUT2D eigenvalue weighted by molar-refractivity contribution is 7.20. The lowest BCUT2D eigenvalue weighted by atomic mass is 10.1. The maximum Gasteiger partial charge on any atom is 0.410 e. The molecule has 40 heavy (non-hydrogen) atoms. The third-order valence-corrected chi connectivity index (χ3v) is 7.71. The van der Waals surface area contributed by atoms with Crippen LogP contribution in [-0.4, -0.2) is 71.8 Å². The topological polar surface area (TPSA) is 112 Å². The molecule has 3 aromatic rings. The molecule has 1 aliphatic rings. The Balaban J connectivity index is 0.00000141. The highest BCUT2D eigenvalue weighted by Gasteiger charge is 2.26. The Kier molecular flexibility index (Phi) is 10.9. The van der Waals surface area contributed by atoms with Crippen LogP contribution in [0.1, 0.15) is 60.6 Å². The van der Waals surface area contributed by atoms with E-state index in [1.54, 1.807) is 4.90 Å². The minimum Gasteiger partial charge on any atom is -0.483 e. The number of carboxylic acid groups (broad SMARTS) is 1. The number of amides is 2. The lowest BCUT2D eigenvalue weighted by Crippen LogP contribution is -2.50. The summed E-state index contributed by atoms with van der Waals surface area (Å²) in [6.45, 7) is 13.0. The summed E-state index contributed by atoms with van der Waals surface area (Å²) in [4.78, 5) is 44.0. The quantitative estimate of drug-likeness (QED) is 0.373. The van der Waals surface area contributed by atoms with Crippen molar-refractivity contribution < 1.29 is 24.2 Å². The van der Waals surface area contributed by atoms with Gasteiger partial charge in [0.25, 0.3) is 12.4 Å². The Morgan fingerprint density at radius 1 is 1.07 bits per heavy atom. The fraction of sp³-hybridized carbons (Fsp3) is 0.467. The standard InChI is InChI=1S/C29H38N4O3S.CH2O2/c1-6-7-22-10-13-24-20(2)25(37-27(24)31-22)26(34)30-15-14-21-8-11-23(12-9-21)32-16-18-33(19-17-32)28(35)36-29(3,4)5;2-1-3/h8-13H,6-7,14-19H2,1-5H3,(H,30,34);1H,(H,2,3). The van der Waals surface area contributed by atoms with Crippen LogP contribution >= 0.6 is 11.3 Å². The first-order valence-electron chi connectivity index (χ1n) is 13.6. The van der Waals surface area contributed by atoms with Crippen molar-refractivity contribution in [1.29, 1.82) is 0 Å². The highest BCUT2D eigenvalue weighted by atomic mass is 32.1. The number of pyridine rings is 1. The molecule has 1 aromatic carbocycles. The summed E-state index contributed by atoms with van der Waals surface area (Å²) < 4.78 is 5.49. The molecule has 0 saturated carbocycles. The van der Waals surface area contributed by atoms with Crippen LogP contribution < -0.4 is 10.2 Å². The number of aromatic nitrogens is 1. The van der Waals surface area contributed by atoms with Gasteiger partial charge in [0, 0.05) is 49.5 Å². The van der Waals surface area contributed by atoms with E-state index in [9.17, 15) is 9.59 Å². The molecule has 216 valence electrons. The van der Waals surface area contributed by atoms with Gasteiger partial charge in [-0.1, -0.05) is 25.5 Å². The molecule has 1 aliphatic heterocycles. The molecule has 0 spiro atoms. The number of hydrogen-bond acceptors (Lipinski definition) is 7. The number of fused-ring (bicyclic) bond motifs is 1. The normalized spacial score (nSPS) is 13.4. The van der Waals surface area contributed by atoms with Gasteiger partial charge in [0.05, 0.1) is 4.88 Å². The number of anilines is 1. The molecule has 0 radical (unpaired) electrons. The molecule has 10 heteroatoms. The Hall–Kier alpha value is -3.66. The molecular formula is C30H40N4O5S. The first-order chi connectivity index (χ1) is 19.1. The van der Waals surface area contributed by atoms with Gasteiger partial charge in [-0.15, -0.1) is 11.3 Å². The number of carbonyl (C=O) groups excluding carboxylic acids is 2. The number of ether oxygens (including phenoxy) is 1. The summed E-state index contributed by atoms with van der Waals surface area (Å²) in [7, 11) is 0. The van der Waals surface area contributed by atoms with E-state index < -0.39 is 5.60 Å². The molecule has 1 saturated heterocycles. The molecule has 0 unspecified atom stereocenters. The third kappa shape index (κ3) is 8.42. The smallest absolute Gasteiger partial charge is 0.410 e. The minimum atomic E-state index is -0.476. The molecule has 9 nitrogen and oxygen atoms in total. The summed E-state index contributed by atoms with van der Waals surface area (Å²) >= 11 is 1.48.